The van der Waals surface area contributed by atoms with E-state index < -0.39 is 11.9 Å². The predicted octanol–water partition coefficient (Wildman–Crippen LogP) is 2.59. The van der Waals surface area contributed by atoms with Gasteiger partial charge in [-0.05, 0) is 31.4 Å². The molecule has 0 spiro atoms. The number of carbonyl (C=O) groups excluding carboxylic acids is 1. The number of hydrogen-bond acceptors (Lipinski definition) is 4. The van der Waals surface area contributed by atoms with Crippen molar-refractivity contribution in [2.24, 2.45) is 0 Å². The van der Waals surface area contributed by atoms with Crippen molar-refractivity contribution < 1.29 is 19.4 Å². The first kappa shape index (κ1) is 16.9. The molecule has 1 aromatic heterocycles. The van der Waals surface area contributed by atoms with Crippen molar-refractivity contribution in [3.05, 3.63) is 40.3 Å². The normalized spacial score (nSPS) is 24.6. The van der Waals surface area contributed by atoms with Crippen molar-refractivity contribution in [2.75, 3.05) is 13.2 Å². The molecule has 128 valence electrons. The van der Waals surface area contributed by atoms with Gasteiger partial charge in [0.15, 0.2) is 0 Å². The maximum absolute atomic E-state index is 12.6. The number of rotatable bonds is 4. The maximum atomic E-state index is 12.6. The van der Waals surface area contributed by atoms with Crippen molar-refractivity contribution in [2.45, 2.75) is 38.2 Å². The highest BCUT2D eigenvalue weighted by atomic mass is 35.5. The number of hydrogen-bond donors (Lipinski definition) is 1. The summed E-state index contributed by atoms with van der Waals surface area (Å²) in [4.78, 5) is 30.0. The molecule has 6 nitrogen and oxygen atoms in total. The molecule has 0 saturated carbocycles. The number of aromatic nitrogens is 1. The topological polar surface area (TPSA) is 79.7 Å². The predicted molar refractivity (Wildman–Crippen MR) is 87.6 cm³/mol. The fourth-order valence-electron chi connectivity index (χ4n) is 3.43. The Morgan fingerprint density at radius 1 is 1.54 bits per heavy atom. The summed E-state index contributed by atoms with van der Waals surface area (Å²) in [7, 11) is 0. The minimum Gasteiger partial charge on any atom is -0.478 e. The minimum atomic E-state index is -1.04. The van der Waals surface area contributed by atoms with E-state index in [9.17, 15) is 14.7 Å². The lowest BCUT2D eigenvalue weighted by Gasteiger charge is -2.35. The lowest BCUT2D eigenvalue weighted by atomic mass is 9.84. The van der Waals surface area contributed by atoms with Crippen LogP contribution in [0.25, 0.3) is 0 Å². The largest absolute Gasteiger partial charge is 0.478 e. The number of pyridine rings is 1. The van der Waals surface area contributed by atoms with Crippen LogP contribution in [0.15, 0.2) is 29.6 Å². The molecule has 2 atom stereocenters. The molecular weight excluding hydrogens is 332 g/mol. The van der Waals surface area contributed by atoms with Crippen LogP contribution in [-0.4, -0.2) is 46.1 Å². The molecule has 0 radical (unpaired) electrons. The third-order valence-corrected chi connectivity index (χ3v) is 4.94. The molecule has 7 heteroatoms. The SMILES string of the molecule is CC1=C(C(=O)O)[C@H](c2cccnc2Cl)CC(=O)N1C[C@H]1CCCO1. The van der Waals surface area contributed by atoms with Crippen LogP contribution in [0, 0.1) is 0 Å². The first-order valence-electron chi connectivity index (χ1n) is 7.95. The van der Waals surface area contributed by atoms with Gasteiger partial charge in [0.05, 0.1) is 18.2 Å². The van der Waals surface area contributed by atoms with Crippen LogP contribution in [-0.2, 0) is 14.3 Å². The standard InChI is InChI=1S/C17H19ClN2O4/c1-10-15(17(22)23)13(12-5-2-6-19-16(12)18)8-14(21)20(10)9-11-4-3-7-24-11/h2,5-6,11,13H,3-4,7-9H2,1H3,(H,22,23)/t11-,13+/m1/s1. The number of amides is 1. The summed E-state index contributed by atoms with van der Waals surface area (Å²) in [5.74, 6) is -1.74. The summed E-state index contributed by atoms with van der Waals surface area (Å²) in [5, 5.41) is 9.94. The van der Waals surface area contributed by atoms with Gasteiger partial charge in [0.2, 0.25) is 5.91 Å². The highest BCUT2D eigenvalue weighted by Gasteiger charge is 2.38. The van der Waals surface area contributed by atoms with Gasteiger partial charge >= 0.3 is 5.97 Å². The zero-order valence-corrected chi connectivity index (χ0v) is 14.1. The van der Waals surface area contributed by atoms with Gasteiger partial charge in [-0.2, -0.15) is 0 Å². The number of carbonyl (C=O) groups is 2. The lowest BCUT2D eigenvalue weighted by molar-refractivity contribution is -0.135. The second-order valence-electron chi connectivity index (χ2n) is 6.08. The van der Waals surface area contributed by atoms with E-state index in [1.54, 1.807) is 24.0 Å². The molecule has 3 heterocycles. The number of carboxylic acid groups (broad SMARTS) is 1. The van der Waals surface area contributed by atoms with Gasteiger partial charge in [0, 0.05) is 30.8 Å². The Hall–Kier alpha value is -1.92. The second-order valence-corrected chi connectivity index (χ2v) is 6.44. The van der Waals surface area contributed by atoms with Crippen LogP contribution in [0.5, 0.6) is 0 Å². The molecule has 2 aliphatic rings. The van der Waals surface area contributed by atoms with E-state index in [0.29, 0.717) is 24.4 Å². The fourth-order valence-corrected chi connectivity index (χ4v) is 3.68. The Morgan fingerprint density at radius 3 is 2.96 bits per heavy atom. The quantitative estimate of drug-likeness (QED) is 0.844. The third-order valence-electron chi connectivity index (χ3n) is 4.63. The molecule has 0 unspecified atom stereocenters. The highest BCUT2D eigenvalue weighted by Crippen LogP contribution is 2.39. The van der Waals surface area contributed by atoms with E-state index in [4.69, 9.17) is 16.3 Å². The molecule has 0 bridgehead atoms. The van der Waals surface area contributed by atoms with Crippen LogP contribution in [0.4, 0.5) is 0 Å². The van der Waals surface area contributed by atoms with E-state index in [2.05, 4.69) is 4.98 Å². The fraction of sp³-hybridized carbons (Fsp3) is 0.471. The summed E-state index contributed by atoms with van der Waals surface area (Å²) in [6.07, 6.45) is 3.43. The maximum Gasteiger partial charge on any atom is 0.333 e. The van der Waals surface area contributed by atoms with E-state index in [0.717, 1.165) is 12.8 Å². The van der Waals surface area contributed by atoms with Gasteiger partial charge in [0.1, 0.15) is 5.15 Å². The number of ether oxygens (including phenoxy) is 1. The number of aliphatic carboxylic acids is 1. The highest BCUT2D eigenvalue weighted by molar-refractivity contribution is 6.30. The van der Waals surface area contributed by atoms with Gasteiger partial charge in [-0.25, -0.2) is 9.78 Å². The molecule has 24 heavy (non-hydrogen) atoms. The molecule has 1 N–H and O–H groups in total. The lowest BCUT2D eigenvalue weighted by Crippen LogP contribution is -2.42. The van der Waals surface area contributed by atoms with E-state index in [1.165, 1.54) is 6.20 Å². The summed E-state index contributed by atoms with van der Waals surface area (Å²) in [5.41, 5.74) is 1.22. The molecule has 1 fully saturated rings. The summed E-state index contributed by atoms with van der Waals surface area (Å²) < 4.78 is 5.58. The summed E-state index contributed by atoms with van der Waals surface area (Å²) in [6, 6.07) is 3.42. The smallest absolute Gasteiger partial charge is 0.333 e. The monoisotopic (exact) mass is 350 g/mol. The Balaban J connectivity index is 1.98. The van der Waals surface area contributed by atoms with E-state index >= 15 is 0 Å². The average molecular weight is 351 g/mol. The first-order valence-corrected chi connectivity index (χ1v) is 8.33. The van der Waals surface area contributed by atoms with Crippen LogP contribution in [0.2, 0.25) is 5.15 Å². The van der Waals surface area contributed by atoms with Crippen molar-refractivity contribution in [3.8, 4) is 0 Å². The molecule has 0 aromatic carbocycles. The van der Waals surface area contributed by atoms with E-state index in [-0.39, 0.29) is 29.2 Å². The molecule has 0 aliphatic carbocycles. The minimum absolute atomic E-state index is 0.0301. The van der Waals surface area contributed by atoms with Crippen LogP contribution in [0.3, 0.4) is 0 Å². The van der Waals surface area contributed by atoms with Crippen LogP contribution in [0.1, 0.15) is 37.7 Å². The van der Waals surface area contributed by atoms with Crippen molar-refractivity contribution in [1.29, 1.82) is 0 Å². The van der Waals surface area contributed by atoms with Crippen molar-refractivity contribution >= 4 is 23.5 Å². The Bertz CT molecular complexity index is 698. The number of carboxylic acids is 1. The first-order chi connectivity index (χ1) is 11.5. The zero-order chi connectivity index (χ0) is 17.3. The van der Waals surface area contributed by atoms with E-state index in [1.807, 2.05) is 0 Å². The van der Waals surface area contributed by atoms with Gasteiger partial charge in [-0.3, -0.25) is 4.79 Å². The van der Waals surface area contributed by atoms with Crippen LogP contribution >= 0.6 is 11.6 Å². The second kappa shape index (κ2) is 6.91. The van der Waals surface area contributed by atoms with Crippen molar-refractivity contribution in [3.63, 3.8) is 0 Å². The zero-order valence-electron chi connectivity index (χ0n) is 13.4. The molecule has 1 amide bonds. The Labute approximate surface area is 145 Å². The number of allylic oxidation sites excluding steroid dienone is 1. The summed E-state index contributed by atoms with van der Waals surface area (Å²) in [6.45, 7) is 2.76. The van der Waals surface area contributed by atoms with Crippen LogP contribution < -0.4 is 0 Å². The van der Waals surface area contributed by atoms with Gasteiger partial charge in [-0.15, -0.1) is 0 Å². The Morgan fingerprint density at radius 2 is 2.33 bits per heavy atom. The van der Waals surface area contributed by atoms with Gasteiger partial charge in [-0.1, -0.05) is 17.7 Å². The summed E-state index contributed by atoms with van der Waals surface area (Å²) >= 11 is 6.13. The Kier molecular flexibility index (Phi) is 4.87. The molecule has 2 aliphatic heterocycles. The molecule has 3 rings (SSSR count). The van der Waals surface area contributed by atoms with Crippen molar-refractivity contribution in [1.82, 2.24) is 9.88 Å². The van der Waals surface area contributed by atoms with Gasteiger partial charge in [0.25, 0.3) is 0 Å². The third kappa shape index (κ3) is 3.16. The average Bonchev–Trinajstić information content (AvgIpc) is 3.04. The number of halogens is 1. The number of nitrogens with zero attached hydrogens (tertiary/aromatic N) is 2. The molecule has 1 aromatic rings. The van der Waals surface area contributed by atoms with Gasteiger partial charge < -0.3 is 14.7 Å². The molecular formula is C17H19ClN2O4. The molecule has 1 saturated heterocycles.